The summed E-state index contributed by atoms with van der Waals surface area (Å²) in [5.41, 5.74) is 0.822. The van der Waals surface area contributed by atoms with Crippen molar-refractivity contribution in [3.8, 4) is 11.8 Å². The van der Waals surface area contributed by atoms with E-state index in [9.17, 15) is 17.6 Å². The van der Waals surface area contributed by atoms with Crippen LogP contribution in [0, 0.1) is 17.1 Å². The fourth-order valence-corrected chi connectivity index (χ4v) is 2.32. The van der Waals surface area contributed by atoms with Gasteiger partial charge in [-0.05, 0) is 31.2 Å². The van der Waals surface area contributed by atoms with Crippen molar-refractivity contribution < 1.29 is 22.3 Å². The summed E-state index contributed by atoms with van der Waals surface area (Å²) in [7, 11) is 0. The zero-order chi connectivity index (χ0) is 20.6. The summed E-state index contributed by atoms with van der Waals surface area (Å²) in [5.74, 6) is -0.528. The van der Waals surface area contributed by atoms with Crippen LogP contribution in [0.25, 0.3) is 0 Å². The fourth-order valence-electron chi connectivity index (χ4n) is 2.32. The Kier molecular flexibility index (Phi) is 7.21. The van der Waals surface area contributed by atoms with E-state index in [1.54, 1.807) is 6.07 Å². The summed E-state index contributed by atoms with van der Waals surface area (Å²) >= 11 is 0. The summed E-state index contributed by atoms with van der Waals surface area (Å²) in [6.07, 6.45) is -4.79. The van der Waals surface area contributed by atoms with Crippen LogP contribution >= 0.6 is 0 Å². The molecule has 2 aromatic carbocycles. The minimum atomic E-state index is -4.79. The Balaban J connectivity index is 2.12. The van der Waals surface area contributed by atoms with E-state index < -0.39 is 12.2 Å². The van der Waals surface area contributed by atoms with Gasteiger partial charge in [0.05, 0.1) is 18.2 Å². The van der Waals surface area contributed by atoms with E-state index in [4.69, 9.17) is 5.26 Å². The van der Waals surface area contributed by atoms with E-state index in [1.165, 1.54) is 36.4 Å². The lowest BCUT2D eigenvalue weighted by atomic mass is 10.1. The molecule has 28 heavy (non-hydrogen) atoms. The monoisotopic (exact) mass is 394 g/mol. The largest absolute Gasteiger partial charge is 0.573 e. The normalized spacial score (nSPS) is 11.6. The zero-order valence-corrected chi connectivity index (χ0v) is 15.0. The third-order valence-electron chi connectivity index (χ3n) is 3.57. The number of rotatable bonds is 6. The van der Waals surface area contributed by atoms with Gasteiger partial charge in [0.1, 0.15) is 11.6 Å². The number of aliphatic imine (C=N–C) groups is 1. The van der Waals surface area contributed by atoms with Gasteiger partial charge in [-0.1, -0.05) is 18.2 Å². The number of guanidine groups is 1. The molecular formula is C19H18F4N4O. The van der Waals surface area contributed by atoms with Crippen LogP contribution in [-0.2, 0) is 13.1 Å². The fraction of sp³-hybridized carbons (Fsp3) is 0.263. The standard InChI is InChI=1S/C19H18F4N4O/c1-2-25-18(27-12-15-9-13(10-24)7-8-16(15)20)26-11-14-5-3-4-6-17(14)28-19(21,22)23/h3-9H,2,11-12H2,1H3,(H2,25,26,27). The third kappa shape index (κ3) is 6.46. The van der Waals surface area contributed by atoms with Crippen molar-refractivity contribution in [1.29, 1.82) is 5.26 Å². The molecule has 0 aliphatic heterocycles. The van der Waals surface area contributed by atoms with E-state index in [2.05, 4.69) is 20.4 Å². The Morgan fingerprint density at radius 1 is 1.14 bits per heavy atom. The van der Waals surface area contributed by atoms with E-state index in [-0.39, 0.29) is 35.9 Å². The second-order valence-electron chi connectivity index (χ2n) is 5.62. The van der Waals surface area contributed by atoms with Crippen LogP contribution < -0.4 is 15.4 Å². The van der Waals surface area contributed by atoms with E-state index in [0.717, 1.165) is 0 Å². The molecule has 0 amide bonds. The van der Waals surface area contributed by atoms with Crippen LogP contribution in [0.1, 0.15) is 23.6 Å². The topological polar surface area (TPSA) is 69.4 Å². The predicted molar refractivity (Wildman–Crippen MR) is 95.9 cm³/mol. The maximum absolute atomic E-state index is 13.9. The number of nitrogens with zero attached hydrogens (tertiary/aromatic N) is 2. The zero-order valence-electron chi connectivity index (χ0n) is 15.0. The molecule has 0 aliphatic carbocycles. The molecule has 0 heterocycles. The molecule has 0 saturated heterocycles. The molecule has 148 valence electrons. The molecule has 0 bridgehead atoms. The molecule has 0 atom stereocenters. The van der Waals surface area contributed by atoms with Gasteiger partial charge >= 0.3 is 6.36 Å². The molecule has 0 fully saturated rings. The number of ether oxygens (including phenoxy) is 1. The highest BCUT2D eigenvalue weighted by Crippen LogP contribution is 2.26. The lowest BCUT2D eigenvalue weighted by molar-refractivity contribution is -0.274. The first kappa shape index (κ1) is 21.0. The van der Waals surface area contributed by atoms with Crippen LogP contribution in [0.15, 0.2) is 47.5 Å². The third-order valence-corrected chi connectivity index (χ3v) is 3.57. The molecule has 2 N–H and O–H groups in total. The second-order valence-corrected chi connectivity index (χ2v) is 5.62. The average Bonchev–Trinajstić information content (AvgIpc) is 2.65. The van der Waals surface area contributed by atoms with Crippen LogP contribution in [0.5, 0.6) is 5.75 Å². The Morgan fingerprint density at radius 2 is 1.89 bits per heavy atom. The molecule has 0 aliphatic rings. The van der Waals surface area contributed by atoms with Crippen molar-refractivity contribution in [3.63, 3.8) is 0 Å². The van der Waals surface area contributed by atoms with Crippen LogP contribution in [0.3, 0.4) is 0 Å². The lowest BCUT2D eigenvalue weighted by Gasteiger charge is -2.15. The Morgan fingerprint density at radius 3 is 2.57 bits per heavy atom. The number of para-hydroxylation sites is 1. The summed E-state index contributed by atoms with van der Waals surface area (Å²) in [6, 6.07) is 11.6. The Hall–Kier alpha value is -3.28. The Bertz CT molecular complexity index is 875. The molecule has 0 saturated carbocycles. The van der Waals surface area contributed by atoms with Crippen LogP contribution in [0.4, 0.5) is 17.6 Å². The minimum Gasteiger partial charge on any atom is -0.405 e. The number of halogens is 4. The van der Waals surface area contributed by atoms with Gasteiger partial charge in [0.25, 0.3) is 0 Å². The molecule has 2 aromatic rings. The first-order chi connectivity index (χ1) is 13.3. The molecule has 0 radical (unpaired) electrons. The smallest absolute Gasteiger partial charge is 0.405 e. The molecule has 0 unspecified atom stereocenters. The lowest BCUT2D eigenvalue weighted by Crippen LogP contribution is -2.37. The summed E-state index contributed by atoms with van der Waals surface area (Å²) < 4.78 is 55.4. The predicted octanol–water partition coefficient (Wildman–Crippen LogP) is 3.85. The number of hydrogen-bond acceptors (Lipinski definition) is 3. The summed E-state index contributed by atoms with van der Waals surface area (Å²) in [4.78, 5) is 4.22. The molecule has 5 nitrogen and oxygen atoms in total. The number of nitrogens with one attached hydrogen (secondary N) is 2. The van der Waals surface area contributed by atoms with Crippen molar-refractivity contribution >= 4 is 5.96 Å². The number of benzene rings is 2. The van der Waals surface area contributed by atoms with Crippen LogP contribution in [0.2, 0.25) is 0 Å². The number of hydrogen-bond donors (Lipinski definition) is 2. The van der Waals surface area contributed by atoms with Crippen LogP contribution in [-0.4, -0.2) is 18.9 Å². The Labute approximate surface area is 159 Å². The second kappa shape index (κ2) is 9.60. The van der Waals surface area contributed by atoms with Gasteiger partial charge in [0, 0.05) is 24.2 Å². The SMILES string of the molecule is CCNC(=NCc1cc(C#N)ccc1F)NCc1ccccc1OC(F)(F)F. The van der Waals surface area contributed by atoms with Crippen molar-refractivity contribution in [2.75, 3.05) is 6.54 Å². The number of alkyl halides is 3. The molecule has 0 spiro atoms. The average molecular weight is 394 g/mol. The van der Waals surface area contributed by atoms with Gasteiger partial charge in [0.2, 0.25) is 0 Å². The van der Waals surface area contributed by atoms with E-state index in [0.29, 0.717) is 12.1 Å². The van der Waals surface area contributed by atoms with Gasteiger partial charge in [-0.15, -0.1) is 13.2 Å². The van der Waals surface area contributed by atoms with Gasteiger partial charge < -0.3 is 15.4 Å². The summed E-state index contributed by atoms with van der Waals surface area (Å²) in [6.45, 7) is 2.28. The van der Waals surface area contributed by atoms with Crippen molar-refractivity contribution in [2.24, 2.45) is 4.99 Å². The van der Waals surface area contributed by atoms with Crippen molar-refractivity contribution in [2.45, 2.75) is 26.4 Å². The van der Waals surface area contributed by atoms with Gasteiger partial charge in [-0.3, -0.25) is 0 Å². The first-order valence-corrected chi connectivity index (χ1v) is 8.36. The van der Waals surface area contributed by atoms with Crippen molar-refractivity contribution in [3.05, 3.63) is 65.0 Å². The van der Waals surface area contributed by atoms with Gasteiger partial charge in [-0.25, -0.2) is 9.38 Å². The van der Waals surface area contributed by atoms with E-state index in [1.807, 2.05) is 13.0 Å². The highest BCUT2D eigenvalue weighted by molar-refractivity contribution is 5.79. The maximum atomic E-state index is 13.9. The quantitative estimate of drug-likeness (QED) is 0.444. The minimum absolute atomic E-state index is 0.0127. The molecule has 0 aromatic heterocycles. The van der Waals surface area contributed by atoms with Gasteiger partial charge in [-0.2, -0.15) is 5.26 Å². The van der Waals surface area contributed by atoms with E-state index >= 15 is 0 Å². The number of nitriles is 1. The highest BCUT2D eigenvalue weighted by Gasteiger charge is 2.31. The van der Waals surface area contributed by atoms with Crippen molar-refractivity contribution in [1.82, 2.24) is 10.6 Å². The highest BCUT2D eigenvalue weighted by atomic mass is 19.4. The van der Waals surface area contributed by atoms with Gasteiger partial charge in [0.15, 0.2) is 5.96 Å². The first-order valence-electron chi connectivity index (χ1n) is 8.36. The molecular weight excluding hydrogens is 376 g/mol. The maximum Gasteiger partial charge on any atom is 0.573 e. The summed E-state index contributed by atoms with van der Waals surface area (Å²) in [5, 5.41) is 14.7. The molecule has 9 heteroatoms. The molecule has 2 rings (SSSR count).